The summed E-state index contributed by atoms with van der Waals surface area (Å²) in [6.45, 7) is 0. The molecule has 4 nitrogen and oxygen atoms in total. The molecule has 0 atom stereocenters. The lowest BCUT2D eigenvalue weighted by molar-refractivity contribution is 0.975. The van der Waals surface area contributed by atoms with E-state index in [9.17, 15) is 0 Å². The Hall–Kier alpha value is -1.33. The van der Waals surface area contributed by atoms with Gasteiger partial charge in [-0.3, -0.25) is 4.98 Å². The number of nitrogens with two attached hydrogens (primary N) is 1. The molecular weight excluding hydrogens is 244 g/mol. The van der Waals surface area contributed by atoms with E-state index in [-0.39, 0.29) is 0 Å². The zero-order valence-electron chi connectivity index (χ0n) is 8.30. The average Bonchev–Trinajstić information content (AvgIpc) is 2.27. The van der Waals surface area contributed by atoms with E-state index < -0.39 is 0 Å². The third-order valence-electron chi connectivity index (χ3n) is 1.78. The monoisotopic (exact) mass is 252 g/mol. The van der Waals surface area contributed by atoms with Crippen molar-refractivity contribution in [3.8, 4) is 0 Å². The molecule has 0 aromatic carbocycles. The second-order valence-electron chi connectivity index (χ2n) is 3.05. The molecular formula is C10H9ClN4S. The zero-order valence-corrected chi connectivity index (χ0v) is 9.87. The van der Waals surface area contributed by atoms with Crippen LogP contribution < -0.4 is 5.73 Å². The van der Waals surface area contributed by atoms with Gasteiger partial charge in [-0.05, 0) is 11.6 Å². The Labute approximate surface area is 102 Å². The van der Waals surface area contributed by atoms with Gasteiger partial charge < -0.3 is 5.73 Å². The fourth-order valence-electron chi connectivity index (χ4n) is 1.11. The molecule has 2 rings (SSSR count). The lowest BCUT2D eigenvalue weighted by Gasteiger charge is -2.01. The molecule has 0 bridgehead atoms. The molecule has 2 heterocycles. The fraction of sp³-hybridized carbons (Fsp3) is 0.100. The highest BCUT2D eigenvalue weighted by molar-refractivity contribution is 7.98. The van der Waals surface area contributed by atoms with Crippen molar-refractivity contribution in [3.05, 3.63) is 41.3 Å². The van der Waals surface area contributed by atoms with Crippen molar-refractivity contribution >= 4 is 29.2 Å². The first-order chi connectivity index (χ1) is 7.74. The van der Waals surface area contributed by atoms with Crippen LogP contribution in [0.5, 0.6) is 0 Å². The third-order valence-corrected chi connectivity index (χ3v) is 2.90. The molecule has 2 N–H and O–H groups in total. The molecule has 82 valence electrons. The second-order valence-corrected chi connectivity index (χ2v) is 4.38. The lowest BCUT2D eigenvalue weighted by Crippen LogP contribution is -1.95. The van der Waals surface area contributed by atoms with Gasteiger partial charge in [0.2, 0.25) is 0 Å². The largest absolute Gasteiger partial charge is 0.384 e. The summed E-state index contributed by atoms with van der Waals surface area (Å²) in [4.78, 5) is 12.2. The maximum atomic E-state index is 5.78. The predicted octanol–water partition coefficient (Wildman–Crippen LogP) is 2.40. The Kier molecular flexibility index (Phi) is 3.58. The smallest absolute Gasteiger partial charge is 0.191 e. The van der Waals surface area contributed by atoms with E-state index in [1.807, 2.05) is 12.1 Å². The number of aromatic nitrogens is 3. The summed E-state index contributed by atoms with van der Waals surface area (Å²) in [6, 6.07) is 5.41. The molecule has 0 aliphatic carbocycles. The minimum Gasteiger partial charge on any atom is -0.384 e. The van der Waals surface area contributed by atoms with Crippen LogP contribution in [0.15, 0.2) is 35.7 Å². The Morgan fingerprint density at radius 2 is 2.25 bits per heavy atom. The summed E-state index contributed by atoms with van der Waals surface area (Å²) < 4.78 is 0. The summed E-state index contributed by atoms with van der Waals surface area (Å²) in [5, 5.41) is 0.940. The number of anilines is 1. The van der Waals surface area contributed by atoms with E-state index in [1.54, 1.807) is 12.4 Å². The summed E-state index contributed by atoms with van der Waals surface area (Å²) in [6.07, 6.45) is 3.54. The third kappa shape index (κ3) is 3.08. The Balaban J connectivity index is 2.05. The highest BCUT2D eigenvalue weighted by Gasteiger charge is 2.02. The number of halogens is 1. The minimum atomic E-state index is 0.362. The topological polar surface area (TPSA) is 64.7 Å². The van der Waals surface area contributed by atoms with Crippen LogP contribution >= 0.6 is 23.4 Å². The molecule has 0 unspecified atom stereocenters. The molecule has 0 fully saturated rings. The quantitative estimate of drug-likeness (QED) is 0.516. The standard InChI is InChI=1S/C10H9ClN4S/c11-8-4-9(12)15-10(14-8)16-6-7-2-1-3-13-5-7/h1-5H,6H2,(H2,12,14,15). The molecule has 0 spiro atoms. The summed E-state index contributed by atoms with van der Waals surface area (Å²) >= 11 is 7.25. The van der Waals surface area contributed by atoms with Crippen molar-refractivity contribution in [2.75, 3.05) is 5.73 Å². The second kappa shape index (κ2) is 5.14. The van der Waals surface area contributed by atoms with Crippen molar-refractivity contribution in [3.63, 3.8) is 0 Å². The van der Waals surface area contributed by atoms with E-state index in [0.717, 1.165) is 11.3 Å². The first kappa shape index (κ1) is 11.2. The Bertz CT molecular complexity index is 457. The van der Waals surface area contributed by atoms with Crippen LogP contribution in [0.4, 0.5) is 5.82 Å². The molecule has 2 aromatic heterocycles. The molecule has 2 aromatic rings. The maximum absolute atomic E-state index is 5.78. The van der Waals surface area contributed by atoms with Gasteiger partial charge in [0.1, 0.15) is 11.0 Å². The van der Waals surface area contributed by atoms with Gasteiger partial charge in [0.15, 0.2) is 5.16 Å². The van der Waals surface area contributed by atoms with E-state index in [2.05, 4.69) is 15.0 Å². The van der Waals surface area contributed by atoms with Gasteiger partial charge in [-0.1, -0.05) is 29.4 Å². The van der Waals surface area contributed by atoms with Crippen LogP contribution in [-0.4, -0.2) is 15.0 Å². The van der Waals surface area contributed by atoms with E-state index in [4.69, 9.17) is 17.3 Å². The molecule has 0 saturated heterocycles. The van der Waals surface area contributed by atoms with Crippen molar-refractivity contribution in [1.29, 1.82) is 0 Å². The van der Waals surface area contributed by atoms with Gasteiger partial charge in [-0.2, -0.15) is 0 Å². The summed E-state index contributed by atoms with van der Waals surface area (Å²) in [7, 11) is 0. The number of rotatable bonds is 3. The fourth-order valence-corrected chi connectivity index (χ4v) is 2.15. The van der Waals surface area contributed by atoms with Gasteiger partial charge in [-0.25, -0.2) is 9.97 Å². The van der Waals surface area contributed by atoms with Crippen LogP contribution in [0.2, 0.25) is 5.15 Å². The highest BCUT2D eigenvalue weighted by Crippen LogP contribution is 2.21. The average molecular weight is 253 g/mol. The van der Waals surface area contributed by atoms with Crippen LogP contribution in [0.1, 0.15) is 5.56 Å². The van der Waals surface area contributed by atoms with Gasteiger partial charge in [0.25, 0.3) is 0 Å². The van der Waals surface area contributed by atoms with E-state index in [1.165, 1.54) is 17.8 Å². The predicted molar refractivity (Wildman–Crippen MR) is 65.3 cm³/mol. The van der Waals surface area contributed by atoms with Crippen molar-refractivity contribution in [2.45, 2.75) is 10.9 Å². The number of hydrogen-bond donors (Lipinski definition) is 1. The normalized spacial score (nSPS) is 10.3. The molecule has 0 aliphatic heterocycles. The van der Waals surface area contributed by atoms with Crippen molar-refractivity contribution in [1.82, 2.24) is 15.0 Å². The van der Waals surface area contributed by atoms with Crippen molar-refractivity contribution < 1.29 is 0 Å². The number of nitrogens with zero attached hydrogens (tertiary/aromatic N) is 3. The minimum absolute atomic E-state index is 0.362. The van der Waals surface area contributed by atoms with Crippen LogP contribution in [-0.2, 0) is 5.75 Å². The number of thioether (sulfide) groups is 1. The molecule has 6 heteroatoms. The van der Waals surface area contributed by atoms with E-state index in [0.29, 0.717) is 16.1 Å². The number of hydrogen-bond acceptors (Lipinski definition) is 5. The molecule has 0 saturated carbocycles. The van der Waals surface area contributed by atoms with Crippen LogP contribution in [0.3, 0.4) is 0 Å². The molecule has 0 aliphatic rings. The highest BCUT2D eigenvalue weighted by atomic mass is 35.5. The van der Waals surface area contributed by atoms with Gasteiger partial charge in [0.05, 0.1) is 0 Å². The number of nitrogen functional groups attached to an aromatic ring is 1. The summed E-state index contributed by atoms with van der Waals surface area (Å²) in [5.41, 5.74) is 6.67. The first-order valence-corrected chi connectivity index (χ1v) is 5.92. The zero-order chi connectivity index (χ0) is 11.4. The Morgan fingerprint density at radius 3 is 2.94 bits per heavy atom. The number of pyridine rings is 1. The van der Waals surface area contributed by atoms with Gasteiger partial charge >= 0.3 is 0 Å². The van der Waals surface area contributed by atoms with Gasteiger partial charge in [-0.15, -0.1) is 0 Å². The van der Waals surface area contributed by atoms with E-state index >= 15 is 0 Å². The lowest BCUT2D eigenvalue weighted by atomic mass is 10.3. The van der Waals surface area contributed by atoms with Crippen LogP contribution in [0.25, 0.3) is 0 Å². The van der Waals surface area contributed by atoms with Crippen LogP contribution in [0, 0.1) is 0 Å². The molecule has 16 heavy (non-hydrogen) atoms. The van der Waals surface area contributed by atoms with Crippen molar-refractivity contribution in [2.24, 2.45) is 0 Å². The van der Waals surface area contributed by atoms with Gasteiger partial charge in [0, 0.05) is 24.2 Å². The molecule has 0 amide bonds. The SMILES string of the molecule is Nc1cc(Cl)nc(SCc2cccnc2)n1. The maximum Gasteiger partial charge on any atom is 0.191 e. The Morgan fingerprint density at radius 1 is 1.38 bits per heavy atom. The first-order valence-electron chi connectivity index (χ1n) is 4.56. The molecule has 0 radical (unpaired) electrons. The summed E-state index contributed by atoms with van der Waals surface area (Å²) in [5.74, 6) is 1.13.